The van der Waals surface area contributed by atoms with E-state index >= 15 is 0 Å². The molecule has 0 radical (unpaired) electrons. The van der Waals surface area contributed by atoms with E-state index in [0.717, 1.165) is 48.2 Å². The van der Waals surface area contributed by atoms with Crippen LogP contribution in [-0.4, -0.2) is 26.0 Å². The van der Waals surface area contributed by atoms with Gasteiger partial charge in [-0.3, -0.25) is 9.59 Å². The first-order valence-corrected chi connectivity index (χ1v) is 15.0. The molecule has 4 N–H and O–H groups in total. The largest absolute Gasteiger partial charge is 0.446 e. The van der Waals surface area contributed by atoms with Crippen molar-refractivity contribution < 1.29 is 49.1 Å². The van der Waals surface area contributed by atoms with Crippen LogP contribution in [0.25, 0.3) is 0 Å². The first-order chi connectivity index (χ1) is 20.4. The molecular weight excluding hydrogens is 748 g/mol. The van der Waals surface area contributed by atoms with Crippen LogP contribution in [0, 0.1) is 17.5 Å². The Bertz CT molecular complexity index is 1400. The highest BCUT2D eigenvalue weighted by Crippen LogP contribution is 2.44. The third-order valence-electron chi connectivity index (χ3n) is 4.18. The van der Waals surface area contributed by atoms with Gasteiger partial charge in [-0.1, -0.05) is 46.6 Å². The first kappa shape index (κ1) is 40.7. The number of nitrogens with two attached hydrogens (primary N) is 1. The van der Waals surface area contributed by atoms with E-state index in [1.807, 2.05) is 0 Å². The van der Waals surface area contributed by atoms with Gasteiger partial charge in [0.05, 0.1) is 17.1 Å². The standard InChI is InChI=1S/C9H7Cl3FNOS.C9H7F4NOS.C7H5F4NS/c1-5(15)14-8-3-2-6(4-7(8)13)16-9(10,11)12;1-5(15)14-8-3-2-6(4-7(8)10)16-9(11,12)13;8-5-3-4(1-2-6(5)12)13-7(9,10)11/h2*2-4H,1H3,(H,14,15);1-3H,12H2. The molecule has 20 heteroatoms. The molecule has 0 aliphatic carbocycles. The Morgan fingerprint density at radius 2 is 0.956 bits per heavy atom. The maximum absolute atomic E-state index is 13.4. The third kappa shape index (κ3) is 18.4. The van der Waals surface area contributed by atoms with Crippen molar-refractivity contribution in [1.82, 2.24) is 0 Å². The van der Waals surface area contributed by atoms with Crippen molar-refractivity contribution in [2.75, 3.05) is 16.4 Å². The Kier molecular flexibility index (Phi) is 15.9. The predicted molar refractivity (Wildman–Crippen MR) is 162 cm³/mol. The zero-order chi connectivity index (χ0) is 34.8. The summed E-state index contributed by atoms with van der Waals surface area (Å²) in [6.45, 7) is 2.47. The van der Waals surface area contributed by atoms with Gasteiger partial charge < -0.3 is 16.4 Å². The normalized spacial score (nSPS) is 11.4. The van der Waals surface area contributed by atoms with Crippen LogP contribution in [0.4, 0.5) is 56.6 Å². The van der Waals surface area contributed by atoms with E-state index in [4.69, 9.17) is 40.5 Å². The summed E-state index contributed by atoms with van der Waals surface area (Å²) in [7, 11) is 0. The summed E-state index contributed by atoms with van der Waals surface area (Å²) in [5, 5.41) is 4.50. The monoisotopic (exact) mass is 765 g/mol. The summed E-state index contributed by atoms with van der Waals surface area (Å²) in [5.74, 6) is -3.15. The second-order valence-corrected chi connectivity index (χ2v) is 14.5. The Morgan fingerprint density at radius 3 is 1.24 bits per heavy atom. The highest BCUT2D eigenvalue weighted by molar-refractivity contribution is 8.04. The smallest absolute Gasteiger partial charge is 0.396 e. The van der Waals surface area contributed by atoms with Gasteiger partial charge in [-0.2, -0.15) is 26.3 Å². The molecule has 45 heavy (non-hydrogen) atoms. The molecule has 2 amide bonds. The minimum atomic E-state index is -4.46. The molecule has 0 fully saturated rings. The number of amides is 2. The van der Waals surface area contributed by atoms with Crippen LogP contribution in [0.2, 0.25) is 0 Å². The SMILES string of the molecule is CC(=O)Nc1ccc(SC(Cl)(Cl)Cl)cc1F.CC(=O)Nc1ccc(SC(F)(F)F)cc1F.Nc1ccc(SC(F)(F)F)cc1F. The molecule has 0 saturated carbocycles. The van der Waals surface area contributed by atoms with Crippen molar-refractivity contribution in [1.29, 1.82) is 0 Å². The number of halogens is 12. The number of hydrogen-bond donors (Lipinski definition) is 3. The second-order valence-electron chi connectivity index (χ2n) is 7.97. The van der Waals surface area contributed by atoms with Crippen LogP contribution in [0.5, 0.6) is 0 Å². The summed E-state index contributed by atoms with van der Waals surface area (Å²) >= 11 is 16.7. The molecule has 0 unspecified atom stereocenters. The van der Waals surface area contributed by atoms with Gasteiger partial charge in [0.1, 0.15) is 17.5 Å². The average Bonchev–Trinajstić information content (AvgIpc) is 2.82. The van der Waals surface area contributed by atoms with Gasteiger partial charge in [0.2, 0.25) is 14.9 Å². The topological polar surface area (TPSA) is 84.2 Å². The van der Waals surface area contributed by atoms with Gasteiger partial charge >= 0.3 is 11.0 Å². The van der Waals surface area contributed by atoms with E-state index in [1.54, 1.807) is 6.07 Å². The summed E-state index contributed by atoms with van der Waals surface area (Å²) in [5.41, 5.74) is -3.97. The number of hydrogen-bond acceptors (Lipinski definition) is 6. The number of thioether (sulfide) groups is 3. The fraction of sp³-hybridized carbons (Fsp3) is 0.200. The van der Waals surface area contributed by atoms with Gasteiger partial charge in [-0.25, -0.2) is 13.2 Å². The Hall–Kier alpha value is -2.31. The Morgan fingerprint density at radius 1 is 0.622 bits per heavy atom. The number of alkyl halides is 9. The number of rotatable bonds is 5. The number of benzene rings is 3. The maximum atomic E-state index is 13.4. The molecule has 0 atom stereocenters. The van der Waals surface area contributed by atoms with Gasteiger partial charge in [0, 0.05) is 28.5 Å². The van der Waals surface area contributed by atoms with Gasteiger partial charge in [-0.15, -0.1) is 0 Å². The number of nitrogen functional groups attached to an aromatic ring is 1. The van der Waals surface area contributed by atoms with E-state index < -0.39 is 49.3 Å². The summed E-state index contributed by atoms with van der Waals surface area (Å²) in [4.78, 5) is 21.3. The number of carbonyl (C=O) groups excluding carboxylic acids is 2. The van der Waals surface area contributed by atoms with Crippen LogP contribution in [-0.2, 0) is 9.59 Å². The van der Waals surface area contributed by atoms with Crippen molar-refractivity contribution in [3.05, 3.63) is 72.0 Å². The molecular formula is C25H19Cl3F9N3O2S3. The quantitative estimate of drug-likeness (QED) is 0.104. The maximum Gasteiger partial charge on any atom is 0.446 e. The molecule has 0 bridgehead atoms. The zero-order valence-electron chi connectivity index (χ0n) is 22.4. The minimum absolute atomic E-state index is 0.0983. The van der Waals surface area contributed by atoms with Crippen LogP contribution in [0.15, 0.2) is 69.3 Å². The Balaban J connectivity index is 0.000000340. The summed E-state index contributed by atoms with van der Waals surface area (Å²) < 4.78 is 109. The Labute approximate surface area is 278 Å². The van der Waals surface area contributed by atoms with E-state index in [9.17, 15) is 49.1 Å². The van der Waals surface area contributed by atoms with Crippen molar-refractivity contribution in [3.8, 4) is 0 Å². The number of nitrogens with one attached hydrogen (secondary N) is 2. The molecule has 0 aromatic heterocycles. The fourth-order valence-corrected chi connectivity index (χ4v) is 5.17. The molecule has 0 aliphatic heterocycles. The first-order valence-electron chi connectivity index (χ1n) is 11.4. The van der Waals surface area contributed by atoms with Crippen molar-refractivity contribution in [3.63, 3.8) is 0 Å². The lowest BCUT2D eigenvalue weighted by atomic mass is 10.3. The van der Waals surface area contributed by atoms with E-state index in [0.29, 0.717) is 4.90 Å². The molecule has 3 rings (SSSR count). The van der Waals surface area contributed by atoms with Crippen LogP contribution < -0.4 is 16.4 Å². The highest BCUT2D eigenvalue weighted by Gasteiger charge is 2.30. The number of anilines is 3. The third-order valence-corrected chi connectivity index (χ3v) is 7.03. The van der Waals surface area contributed by atoms with Gasteiger partial charge in [-0.05, 0) is 78.1 Å². The van der Waals surface area contributed by atoms with E-state index in [2.05, 4.69) is 10.6 Å². The molecule has 5 nitrogen and oxygen atoms in total. The molecule has 0 spiro atoms. The van der Waals surface area contributed by atoms with Crippen LogP contribution >= 0.6 is 70.1 Å². The highest BCUT2D eigenvalue weighted by atomic mass is 35.6. The lowest BCUT2D eigenvalue weighted by molar-refractivity contribution is -0.115. The molecule has 248 valence electrons. The minimum Gasteiger partial charge on any atom is -0.396 e. The molecule has 0 heterocycles. The lowest BCUT2D eigenvalue weighted by Gasteiger charge is -2.11. The average molecular weight is 767 g/mol. The van der Waals surface area contributed by atoms with E-state index in [1.165, 1.54) is 26.0 Å². The molecule has 0 saturated heterocycles. The predicted octanol–water partition coefficient (Wildman–Crippen LogP) is 10.6. The molecule has 0 aliphatic rings. The number of carbonyl (C=O) groups is 2. The fourth-order valence-electron chi connectivity index (χ4n) is 2.67. The zero-order valence-corrected chi connectivity index (χ0v) is 27.1. The van der Waals surface area contributed by atoms with Crippen molar-refractivity contribution >= 4 is 99.0 Å². The van der Waals surface area contributed by atoms with Crippen molar-refractivity contribution in [2.45, 2.75) is 42.7 Å². The van der Waals surface area contributed by atoms with Crippen molar-refractivity contribution in [2.24, 2.45) is 0 Å². The van der Waals surface area contributed by atoms with E-state index in [-0.39, 0.29) is 44.5 Å². The lowest BCUT2D eigenvalue weighted by Crippen LogP contribution is -2.07. The summed E-state index contributed by atoms with van der Waals surface area (Å²) in [6.07, 6.45) is 0. The second kappa shape index (κ2) is 17.6. The molecule has 3 aromatic carbocycles. The van der Waals surface area contributed by atoms with Crippen LogP contribution in [0.1, 0.15) is 13.8 Å². The molecule has 3 aromatic rings. The summed E-state index contributed by atoms with van der Waals surface area (Å²) in [6, 6.07) is 10.0. The van der Waals surface area contributed by atoms with Gasteiger partial charge in [0.25, 0.3) is 0 Å². The van der Waals surface area contributed by atoms with Crippen LogP contribution in [0.3, 0.4) is 0 Å². The van der Waals surface area contributed by atoms with Gasteiger partial charge in [0.15, 0.2) is 0 Å².